The first kappa shape index (κ1) is 16.2. The molecular weight excluding hydrogens is 240 g/mol. The summed E-state index contributed by atoms with van der Waals surface area (Å²) >= 11 is 0. The molecule has 1 aromatic rings. The van der Waals surface area contributed by atoms with Crippen LogP contribution < -0.4 is 5.32 Å². The molecule has 0 aliphatic heterocycles. The van der Waals surface area contributed by atoms with E-state index in [9.17, 15) is 0 Å². The lowest BCUT2D eigenvalue weighted by Crippen LogP contribution is -2.20. The normalized spacial score (nSPS) is 11.7. The average molecular weight is 268 g/mol. The largest absolute Gasteiger partial charge is 0.463 e. The molecule has 19 heavy (non-hydrogen) atoms. The zero-order valence-corrected chi connectivity index (χ0v) is 12.7. The first-order valence-electron chi connectivity index (χ1n) is 7.07. The Bertz CT molecular complexity index is 337. The minimum atomic E-state index is 0.668. The Balaban J connectivity index is 2.25. The van der Waals surface area contributed by atoms with Gasteiger partial charge in [-0.3, -0.25) is 4.90 Å². The first-order chi connectivity index (χ1) is 9.11. The van der Waals surface area contributed by atoms with Crippen LogP contribution in [-0.2, 0) is 17.8 Å². The molecule has 0 atom stereocenters. The van der Waals surface area contributed by atoms with Crippen LogP contribution in [0.2, 0.25) is 0 Å². The van der Waals surface area contributed by atoms with Gasteiger partial charge in [0.15, 0.2) is 0 Å². The van der Waals surface area contributed by atoms with Crippen molar-refractivity contribution in [3.63, 3.8) is 0 Å². The van der Waals surface area contributed by atoms with E-state index in [0.29, 0.717) is 5.92 Å². The van der Waals surface area contributed by atoms with Crippen molar-refractivity contribution in [3.8, 4) is 0 Å². The maximum Gasteiger partial charge on any atom is 0.118 e. The van der Waals surface area contributed by atoms with Gasteiger partial charge in [0.05, 0.1) is 13.1 Å². The molecule has 0 aliphatic rings. The van der Waals surface area contributed by atoms with E-state index >= 15 is 0 Å². The molecule has 0 saturated carbocycles. The quantitative estimate of drug-likeness (QED) is 0.662. The molecule has 0 unspecified atom stereocenters. The molecule has 4 heteroatoms. The van der Waals surface area contributed by atoms with Gasteiger partial charge in [0.1, 0.15) is 11.5 Å². The maximum absolute atomic E-state index is 5.81. The van der Waals surface area contributed by atoms with Crippen LogP contribution in [-0.4, -0.2) is 38.8 Å². The van der Waals surface area contributed by atoms with E-state index in [1.807, 2.05) is 0 Å². The fraction of sp³-hybridized carbons (Fsp3) is 0.733. The molecule has 0 aliphatic carbocycles. The van der Waals surface area contributed by atoms with Crippen molar-refractivity contribution in [2.24, 2.45) is 5.92 Å². The summed E-state index contributed by atoms with van der Waals surface area (Å²) in [5.74, 6) is 2.71. The maximum atomic E-state index is 5.81. The molecular formula is C15H28N2O2. The van der Waals surface area contributed by atoms with Crippen LogP contribution in [0.15, 0.2) is 16.5 Å². The highest BCUT2D eigenvalue weighted by Crippen LogP contribution is 2.10. The van der Waals surface area contributed by atoms with Gasteiger partial charge in [0.2, 0.25) is 0 Å². The summed E-state index contributed by atoms with van der Waals surface area (Å²) in [6.45, 7) is 8.93. The summed E-state index contributed by atoms with van der Waals surface area (Å²) in [7, 11) is 3.85. The van der Waals surface area contributed by atoms with Crippen LogP contribution in [0.25, 0.3) is 0 Å². The minimum absolute atomic E-state index is 0.668. The van der Waals surface area contributed by atoms with E-state index in [1.54, 1.807) is 7.11 Å². The Morgan fingerprint density at radius 1 is 1.32 bits per heavy atom. The number of nitrogens with one attached hydrogen (secondary N) is 1. The zero-order chi connectivity index (χ0) is 14.1. The van der Waals surface area contributed by atoms with E-state index in [4.69, 9.17) is 9.15 Å². The number of rotatable bonds is 10. The third-order valence-electron chi connectivity index (χ3n) is 2.88. The molecule has 0 aromatic carbocycles. The summed E-state index contributed by atoms with van der Waals surface area (Å²) in [4.78, 5) is 2.25. The summed E-state index contributed by atoms with van der Waals surface area (Å²) in [5, 5.41) is 3.39. The lowest BCUT2D eigenvalue weighted by molar-refractivity contribution is 0.175. The van der Waals surface area contributed by atoms with Crippen molar-refractivity contribution in [2.45, 2.75) is 33.4 Å². The fourth-order valence-corrected chi connectivity index (χ4v) is 1.91. The summed E-state index contributed by atoms with van der Waals surface area (Å²) in [5.41, 5.74) is 0. The van der Waals surface area contributed by atoms with Gasteiger partial charge in [-0.05, 0) is 38.1 Å². The van der Waals surface area contributed by atoms with Gasteiger partial charge in [-0.25, -0.2) is 0 Å². The van der Waals surface area contributed by atoms with Crippen molar-refractivity contribution in [1.82, 2.24) is 10.2 Å². The molecule has 0 bridgehead atoms. The molecule has 0 amide bonds. The molecule has 110 valence electrons. The number of hydrogen-bond donors (Lipinski definition) is 1. The smallest absolute Gasteiger partial charge is 0.118 e. The van der Waals surface area contributed by atoms with Gasteiger partial charge in [0.25, 0.3) is 0 Å². The molecule has 0 fully saturated rings. The zero-order valence-electron chi connectivity index (χ0n) is 12.7. The standard InChI is InChI=1S/C15H28N2O2/c1-13(2)10-16-11-14-6-7-15(19-14)12-17(3)8-5-9-18-4/h6-7,13,16H,5,8-12H2,1-4H3. The van der Waals surface area contributed by atoms with Gasteiger partial charge in [0, 0.05) is 20.3 Å². The van der Waals surface area contributed by atoms with E-state index in [0.717, 1.165) is 50.7 Å². The summed E-state index contributed by atoms with van der Waals surface area (Å²) in [6.07, 6.45) is 1.05. The summed E-state index contributed by atoms with van der Waals surface area (Å²) < 4.78 is 10.9. The van der Waals surface area contributed by atoms with E-state index < -0.39 is 0 Å². The molecule has 0 saturated heterocycles. The lowest BCUT2D eigenvalue weighted by atomic mass is 10.2. The third kappa shape index (κ3) is 7.35. The lowest BCUT2D eigenvalue weighted by Gasteiger charge is -2.14. The van der Waals surface area contributed by atoms with Crippen molar-refractivity contribution in [3.05, 3.63) is 23.7 Å². The van der Waals surface area contributed by atoms with Gasteiger partial charge in [-0.2, -0.15) is 0 Å². The average Bonchev–Trinajstić information content (AvgIpc) is 2.76. The monoisotopic (exact) mass is 268 g/mol. The Morgan fingerprint density at radius 2 is 2.05 bits per heavy atom. The molecule has 4 nitrogen and oxygen atoms in total. The Kier molecular flexibility index (Phi) is 7.79. The SMILES string of the molecule is COCCCN(C)Cc1ccc(CNCC(C)C)o1. The van der Waals surface area contributed by atoms with E-state index in [-0.39, 0.29) is 0 Å². The topological polar surface area (TPSA) is 37.6 Å². The van der Waals surface area contributed by atoms with Crippen LogP contribution in [0.3, 0.4) is 0 Å². The van der Waals surface area contributed by atoms with Gasteiger partial charge >= 0.3 is 0 Å². The van der Waals surface area contributed by atoms with Crippen LogP contribution >= 0.6 is 0 Å². The minimum Gasteiger partial charge on any atom is -0.463 e. The molecule has 0 radical (unpaired) electrons. The van der Waals surface area contributed by atoms with Gasteiger partial charge in [-0.1, -0.05) is 13.8 Å². The fourth-order valence-electron chi connectivity index (χ4n) is 1.91. The third-order valence-corrected chi connectivity index (χ3v) is 2.88. The first-order valence-corrected chi connectivity index (χ1v) is 7.07. The van der Waals surface area contributed by atoms with E-state index in [1.165, 1.54) is 0 Å². The number of nitrogens with zero attached hydrogens (tertiary/aromatic N) is 1. The molecule has 0 spiro atoms. The predicted octanol–water partition coefficient (Wildman–Crippen LogP) is 2.49. The number of furan rings is 1. The predicted molar refractivity (Wildman–Crippen MR) is 78.1 cm³/mol. The Hall–Kier alpha value is -0.840. The van der Waals surface area contributed by atoms with Crippen LogP contribution in [0.1, 0.15) is 31.8 Å². The number of methoxy groups -OCH3 is 1. The number of hydrogen-bond acceptors (Lipinski definition) is 4. The Labute approximate surface area is 117 Å². The van der Waals surface area contributed by atoms with Crippen molar-refractivity contribution < 1.29 is 9.15 Å². The van der Waals surface area contributed by atoms with Gasteiger partial charge in [-0.15, -0.1) is 0 Å². The molecule has 1 rings (SSSR count). The highest BCUT2D eigenvalue weighted by molar-refractivity contribution is 5.06. The van der Waals surface area contributed by atoms with Gasteiger partial charge < -0.3 is 14.5 Å². The Morgan fingerprint density at radius 3 is 2.74 bits per heavy atom. The second-order valence-electron chi connectivity index (χ2n) is 5.48. The highest BCUT2D eigenvalue weighted by Gasteiger charge is 2.05. The summed E-state index contributed by atoms with van der Waals surface area (Å²) in [6, 6.07) is 4.13. The number of ether oxygens (including phenoxy) is 1. The molecule has 1 N–H and O–H groups in total. The van der Waals surface area contributed by atoms with Crippen molar-refractivity contribution >= 4 is 0 Å². The van der Waals surface area contributed by atoms with Crippen LogP contribution in [0.5, 0.6) is 0 Å². The molecule has 1 heterocycles. The second-order valence-corrected chi connectivity index (χ2v) is 5.48. The highest BCUT2D eigenvalue weighted by atomic mass is 16.5. The molecule has 1 aromatic heterocycles. The second kappa shape index (κ2) is 9.13. The van der Waals surface area contributed by atoms with Crippen molar-refractivity contribution in [2.75, 3.05) is 33.9 Å². The van der Waals surface area contributed by atoms with Crippen molar-refractivity contribution in [1.29, 1.82) is 0 Å². The van der Waals surface area contributed by atoms with Crippen LogP contribution in [0.4, 0.5) is 0 Å². The van der Waals surface area contributed by atoms with Crippen LogP contribution in [0, 0.1) is 5.92 Å². The van der Waals surface area contributed by atoms with E-state index in [2.05, 4.69) is 43.2 Å².